The first-order valence-corrected chi connectivity index (χ1v) is 9.61. The zero-order chi connectivity index (χ0) is 19.0. The summed E-state index contributed by atoms with van der Waals surface area (Å²) < 4.78 is 0. The fraction of sp³-hybridized carbons (Fsp3) is 0.190. The summed E-state index contributed by atoms with van der Waals surface area (Å²) in [6.45, 7) is 2.29. The number of nitro benzene ring substituents is 1. The maximum Gasteiger partial charge on any atom is 0.272 e. The van der Waals surface area contributed by atoms with E-state index < -0.39 is 4.92 Å². The van der Waals surface area contributed by atoms with E-state index in [4.69, 9.17) is 0 Å². The minimum atomic E-state index is -0.422. The van der Waals surface area contributed by atoms with Crippen LogP contribution in [0.3, 0.4) is 0 Å². The Morgan fingerprint density at radius 2 is 1.96 bits per heavy atom. The Hall–Kier alpha value is -2.99. The number of amides is 1. The zero-order valence-electron chi connectivity index (χ0n) is 14.8. The van der Waals surface area contributed by atoms with Crippen LogP contribution in [-0.4, -0.2) is 22.3 Å². The number of carbonyl (C=O) groups excluding carboxylic acids is 1. The van der Waals surface area contributed by atoms with Crippen LogP contribution in [0.4, 0.5) is 5.69 Å². The molecule has 27 heavy (non-hydrogen) atoms. The molecular weight excluding hydrogens is 360 g/mol. The molecule has 1 aliphatic rings. The maximum absolute atomic E-state index is 13.3. The van der Waals surface area contributed by atoms with Gasteiger partial charge in [0, 0.05) is 28.6 Å². The Morgan fingerprint density at radius 3 is 2.67 bits per heavy atom. The Bertz CT molecular complexity index is 1010. The summed E-state index contributed by atoms with van der Waals surface area (Å²) in [5, 5.41) is 13.1. The molecule has 0 spiro atoms. The summed E-state index contributed by atoms with van der Waals surface area (Å²) in [4.78, 5) is 27.1. The van der Waals surface area contributed by atoms with E-state index in [2.05, 4.69) is 11.4 Å². The monoisotopic (exact) mass is 378 g/mol. The van der Waals surface area contributed by atoms with Crippen LogP contribution < -0.4 is 0 Å². The van der Waals surface area contributed by atoms with Crippen molar-refractivity contribution in [1.82, 2.24) is 4.90 Å². The van der Waals surface area contributed by atoms with Crippen molar-refractivity contribution >= 4 is 22.9 Å². The van der Waals surface area contributed by atoms with Gasteiger partial charge in [0.1, 0.15) is 0 Å². The molecule has 136 valence electrons. The highest BCUT2D eigenvalue weighted by Gasteiger charge is 2.33. The van der Waals surface area contributed by atoms with Crippen LogP contribution in [0.15, 0.2) is 60.0 Å². The second-order valence-electron chi connectivity index (χ2n) is 6.62. The Balaban J connectivity index is 1.74. The second kappa shape index (κ2) is 6.96. The summed E-state index contributed by atoms with van der Waals surface area (Å²) in [5.74, 6) is -0.0984. The van der Waals surface area contributed by atoms with Crippen LogP contribution in [0, 0.1) is 17.0 Å². The molecule has 4 rings (SSSR count). The van der Waals surface area contributed by atoms with Gasteiger partial charge in [0.25, 0.3) is 11.6 Å². The molecular formula is C21H18N2O3S. The lowest BCUT2D eigenvalue weighted by molar-refractivity contribution is -0.385. The van der Waals surface area contributed by atoms with Crippen molar-refractivity contribution in [2.45, 2.75) is 19.4 Å². The van der Waals surface area contributed by atoms with Crippen molar-refractivity contribution in [3.05, 3.63) is 97.2 Å². The van der Waals surface area contributed by atoms with E-state index in [1.807, 2.05) is 35.2 Å². The first kappa shape index (κ1) is 17.4. The van der Waals surface area contributed by atoms with Gasteiger partial charge in [0.05, 0.1) is 11.0 Å². The van der Waals surface area contributed by atoms with E-state index in [0.29, 0.717) is 17.7 Å². The lowest BCUT2D eigenvalue weighted by atomic mass is 9.92. The first-order chi connectivity index (χ1) is 13.1. The molecule has 0 radical (unpaired) electrons. The number of nitrogens with zero attached hydrogens (tertiary/aromatic N) is 2. The second-order valence-corrected chi connectivity index (χ2v) is 7.62. The molecule has 1 aliphatic heterocycles. The van der Waals surface area contributed by atoms with Crippen molar-refractivity contribution in [2.75, 3.05) is 6.54 Å². The van der Waals surface area contributed by atoms with E-state index >= 15 is 0 Å². The number of fused-ring (bicyclic) bond motifs is 1. The van der Waals surface area contributed by atoms with Gasteiger partial charge >= 0.3 is 0 Å². The van der Waals surface area contributed by atoms with Gasteiger partial charge in [-0.1, -0.05) is 30.3 Å². The molecule has 5 nitrogen and oxygen atoms in total. The van der Waals surface area contributed by atoms with Gasteiger partial charge in [-0.15, -0.1) is 11.3 Å². The number of benzene rings is 2. The van der Waals surface area contributed by atoms with E-state index in [-0.39, 0.29) is 17.6 Å². The molecule has 2 aromatic carbocycles. The topological polar surface area (TPSA) is 63.5 Å². The van der Waals surface area contributed by atoms with Crippen molar-refractivity contribution in [2.24, 2.45) is 0 Å². The summed E-state index contributed by atoms with van der Waals surface area (Å²) in [6.07, 6.45) is 0.827. The number of carbonyl (C=O) groups is 1. The molecule has 0 unspecified atom stereocenters. The average molecular weight is 378 g/mol. The van der Waals surface area contributed by atoms with E-state index in [9.17, 15) is 14.9 Å². The molecule has 0 bridgehead atoms. The minimum Gasteiger partial charge on any atom is -0.327 e. The number of aryl methyl sites for hydroxylation is 1. The van der Waals surface area contributed by atoms with Gasteiger partial charge in [-0.3, -0.25) is 14.9 Å². The third kappa shape index (κ3) is 3.13. The predicted octanol–water partition coefficient (Wildman–Crippen LogP) is 4.75. The molecule has 1 amide bonds. The molecule has 2 heterocycles. The summed E-state index contributed by atoms with van der Waals surface area (Å²) in [7, 11) is 0. The van der Waals surface area contributed by atoms with Crippen molar-refractivity contribution < 1.29 is 9.72 Å². The standard InChI is InChI=1S/C21H18N2O3S/c1-14-13-16(7-8-18(14)23(25)26)21(24)22-11-9-19-17(10-12-27-19)20(22)15-5-3-2-4-6-15/h2-8,10,12-13,20H,9,11H2,1H3/t20-/m0/s1. The normalized spacial score (nSPS) is 16.0. The van der Waals surface area contributed by atoms with Crippen molar-refractivity contribution in [3.8, 4) is 0 Å². The third-order valence-electron chi connectivity index (χ3n) is 4.98. The van der Waals surface area contributed by atoms with Gasteiger partial charge in [-0.25, -0.2) is 0 Å². The fourth-order valence-electron chi connectivity index (χ4n) is 3.69. The highest BCUT2D eigenvalue weighted by atomic mass is 32.1. The Labute approximate surface area is 161 Å². The zero-order valence-corrected chi connectivity index (χ0v) is 15.6. The van der Waals surface area contributed by atoms with Crippen LogP contribution in [-0.2, 0) is 6.42 Å². The van der Waals surface area contributed by atoms with Crippen molar-refractivity contribution in [3.63, 3.8) is 0 Å². The van der Waals surface area contributed by atoms with Gasteiger partial charge in [-0.2, -0.15) is 0 Å². The van der Waals surface area contributed by atoms with Gasteiger partial charge in [0.2, 0.25) is 0 Å². The molecule has 0 fully saturated rings. The van der Waals surface area contributed by atoms with Crippen LogP contribution >= 0.6 is 11.3 Å². The number of rotatable bonds is 3. The van der Waals surface area contributed by atoms with E-state index in [1.54, 1.807) is 30.4 Å². The smallest absolute Gasteiger partial charge is 0.272 e. The molecule has 0 saturated heterocycles. The average Bonchev–Trinajstić information content (AvgIpc) is 3.15. The number of hydrogen-bond donors (Lipinski definition) is 0. The molecule has 1 aromatic heterocycles. The number of nitro groups is 1. The lowest BCUT2D eigenvalue weighted by Crippen LogP contribution is -2.40. The molecule has 0 saturated carbocycles. The molecule has 0 N–H and O–H groups in total. The van der Waals surface area contributed by atoms with Crippen LogP contribution in [0.2, 0.25) is 0 Å². The van der Waals surface area contributed by atoms with Gasteiger partial charge < -0.3 is 4.90 Å². The predicted molar refractivity (Wildman–Crippen MR) is 105 cm³/mol. The Kier molecular flexibility index (Phi) is 4.49. The van der Waals surface area contributed by atoms with Crippen LogP contribution in [0.5, 0.6) is 0 Å². The largest absolute Gasteiger partial charge is 0.327 e. The molecule has 3 aromatic rings. The Morgan fingerprint density at radius 1 is 1.19 bits per heavy atom. The van der Waals surface area contributed by atoms with Crippen LogP contribution in [0.1, 0.15) is 38.0 Å². The van der Waals surface area contributed by atoms with E-state index in [0.717, 1.165) is 12.0 Å². The summed E-state index contributed by atoms with van der Waals surface area (Å²) in [6, 6.07) is 16.6. The van der Waals surface area contributed by atoms with E-state index in [1.165, 1.54) is 16.5 Å². The van der Waals surface area contributed by atoms with Crippen molar-refractivity contribution in [1.29, 1.82) is 0 Å². The highest BCUT2D eigenvalue weighted by Crippen LogP contribution is 2.38. The number of hydrogen-bond acceptors (Lipinski definition) is 4. The quantitative estimate of drug-likeness (QED) is 0.488. The first-order valence-electron chi connectivity index (χ1n) is 8.73. The third-order valence-corrected chi connectivity index (χ3v) is 5.98. The maximum atomic E-state index is 13.3. The minimum absolute atomic E-state index is 0.0323. The molecule has 1 atom stereocenters. The SMILES string of the molecule is Cc1cc(C(=O)N2CCc3sccc3[C@@H]2c2ccccc2)ccc1[N+](=O)[O-]. The van der Waals surface area contributed by atoms with Gasteiger partial charge in [-0.05, 0) is 48.1 Å². The lowest BCUT2D eigenvalue weighted by Gasteiger charge is -2.36. The fourth-order valence-corrected chi connectivity index (χ4v) is 4.59. The van der Waals surface area contributed by atoms with Crippen LogP contribution in [0.25, 0.3) is 0 Å². The van der Waals surface area contributed by atoms with Gasteiger partial charge in [0.15, 0.2) is 0 Å². The molecule has 6 heteroatoms. The summed E-state index contributed by atoms with van der Waals surface area (Å²) in [5.41, 5.74) is 3.26. The summed E-state index contributed by atoms with van der Waals surface area (Å²) >= 11 is 1.73. The number of thiophene rings is 1. The molecule has 0 aliphatic carbocycles. The highest BCUT2D eigenvalue weighted by molar-refractivity contribution is 7.10.